The zero-order valence-electron chi connectivity index (χ0n) is 12.0. The summed E-state index contributed by atoms with van der Waals surface area (Å²) in [6, 6.07) is 0.583. The van der Waals surface area contributed by atoms with Crippen LogP contribution in [0.5, 0.6) is 0 Å². The maximum absolute atomic E-state index is 12.3. The Balaban J connectivity index is 1.81. The molecule has 1 saturated heterocycles. The fourth-order valence-corrected chi connectivity index (χ4v) is 2.74. The van der Waals surface area contributed by atoms with Crippen LogP contribution in [0.15, 0.2) is 0 Å². The van der Waals surface area contributed by atoms with Crippen LogP contribution in [0, 0.1) is 11.8 Å². The summed E-state index contributed by atoms with van der Waals surface area (Å²) in [5.41, 5.74) is 0. The summed E-state index contributed by atoms with van der Waals surface area (Å²) in [6.45, 7) is 7.67. The average molecular weight is 252 g/mol. The van der Waals surface area contributed by atoms with Gasteiger partial charge in [0.15, 0.2) is 0 Å². The van der Waals surface area contributed by atoms with Crippen molar-refractivity contribution in [1.82, 2.24) is 10.2 Å². The second-order valence-corrected chi connectivity index (χ2v) is 6.40. The van der Waals surface area contributed by atoms with Crippen molar-refractivity contribution in [3.63, 3.8) is 0 Å². The molecular formula is C15H28N2O. The first-order valence-electron chi connectivity index (χ1n) is 7.67. The number of nitrogens with zero attached hydrogens (tertiary/aromatic N) is 1. The second kappa shape index (κ2) is 6.55. The second-order valence-electron chi connectivity index (χ2n) is 6.40. The molecule has 0 aromatic heterocycles. The number of piperidine rings is 1. The van der Waals surface area contributed by atoms with E-state index in [9.17, 15) is 4.79 Å². The van der Waals surface area contributed by atoms with Crippen molar-refractivity contribution in [1.29, 1.82) is 0 Å². The first-order chi connectivity index (χ1) is 8.66. The lowest BCUT2D eigenvalue weighted by molar-refractivity contribution is -0.132. The van der Waals surface area contributed by atoms with Gasteiger partial charge in [0, 0.05) is 19.0 Å². The summed E-state index contributed by atoms with van der Waals surface area (Å²) in [4.78, 5) is 14.5. The summed E-state index contributed by atoms with van der Waals surface area (Å²) in [7, 11) is 0. The number of hydrogen-bond acceptors (Lipinski definition) is 2. The number of nitrogens with one attached hydrogen (secondary N) is 1. The molecule has 3 nitrogen and oxygen atoms in total. The third kappa shape index (κ3) is 4.27. The molecule has 0 spiro atoms. The van der Waals surface area contributed by atoms with Gasteiger partial charge in [0.1, 0.15) is 0 Å². The molecule has 1 aliphatic heterocycles. The van der Waals surface area contributed by atoms with Gasteiger partial charge in [-0.25, -0.2) is 0 Å². The smallest absolute Gasteiger partial charge is 0.222 e. The molecule has 0 radical (unpaired) electrons. The van der Waals surface area contributed by atoms with E-state index < -0.39 is 0 Å². The molecule has 1 saturated carbocycles. The lowest BCUT2D eigenvalue weighted by Crippen LogP contribution is -2.40. The van der Waals surface area contributed by atoms with E-state index in [1.165, 1.54) is 25.7 Å². The molecule has 104 valence electrons. The lowest BCUT2D eigenvalue weighted by atomic mass is 9.97. The highest BCUT2D eigenvalue weighted by Gasteiger charge is 2.33. The number of rotatable bonds is 6. The molecular weight excluding hydrogens is 224 g/mol. The normalized spacial score (nSPS) is 21.3. The molecule has 0 aromatic carbocycles. The zero-order valence-corrected chi connectivity index (χ0v) is 12.0. The highest BCUT2D eigenvalue weighted by Crippen LogP contribution is 2.30. The van der Waals surface area contributed by atoms with Crippen LogP contribution in [0.25, 0.3) is 0 Å². The molecule has 1 amide bonds. The predicted octanol–water partition coefficient (Wildman–Crippen LogP) is 2.41. The van der Waals surface area contributed by atoms with Crippen molar-refractivity contribution in [2.45, 2.75) is 58.4 Å². The van der Waals surface area contributed by atoms with Gasteiger partial charge in [0.25, 0.3) is 0 Å². The zero-order chi connectivity index (χ0) is 13.0. The van der Waals surface area contributed by atoms with Gasteiger partial charge in [-0.15, -0.1) is 0 Å². The van der Waals surface area contributed by atoms with Crippen LogP contribution >= 0.6 is 0 Å². The van der Waals surface area contributed by atoms with Gasteiger partial charge in [-0.2, -0.15) is 0 Å². The van der Waals surface area contributed by atoms with E-state index in [1.807, 2.05) is 0 Å². The topological polar surface area (TPSA) is 32.3 Å². The third-order valence-corrected chi connectivity index (χ3v) is 4.16. The van der Waals surface area contributed by atoms with Crippen molar-refractivity contribution in [3.8, 4) is 0 Å². The van der Waals surface area contributed by atoms with Gasteiger partial charge in [0.2, 0.25) is 5.91 Å². The summed E-state index contributed by atoms with van der Waals surface area (Å²) in [5.74, 6) is 1.77. The molecule has 0 aromatic rings. The minimum atomic E-state index is 0.407. The van der Waals surface area contributed by atoms with Gasteiger partial charge in [-0.05, 0) is 57.0 Å². The Morgan fingerprint density at radius 3 is 2.44 bits per heavy atom. The SMILES string of the molecule is CC(C)CCC(=O)N(CC1CCNCC1)C1CC1. The number of amides is 1. The lowest BCUT2D eigenvalue weighted by Gasteiger charge is -2.30. The standard InChI is InChI=1S/C15H28N2O/c1-12(2)3-6-15(18)17(14-4-5-14)11-13-7-9-16-10-8-13/h12-14,16H,3-11H2,1-2H3. The number of hydrogen-bond donors (Lipinski definition) is 1. The Morgan fingerprint density at radius 2 is 1.89 bits per heavy atom. The van der Waals surface area contributed by atoms with Gasteiger partial charge in [-0.1, -0.05) is 13.8 Å². The fourth-order valence-electron chi connectivity index (χ4n) is 2.74. The Morgan fingerprint density at radius 1 is 1.22 bits per heavy atom. The number of carbonyl (C=O) groups is 1. The highest BCUT2D eigenvalue weighted by atomic mass is 16.2. The Labute approximate surface area is 111 Å². The van der Waals surface area contributed by atoms with Crippen LogP contribution in [0.1, 0.15) is 52.4 Å². The molecule has 0 atom stereocenters. The van der Waals surface area contributed by atoms with Crippen molar-refractivity contribution >= 4 is 5.91 Å². The van der Waals surface area contributed by atoms with E-state index in [0.29, 0.717) is 17.9 Å². The van der Waals surface area contributed by atoms with Crippen LogP contribution in [-0.2, 0) is 4.79 Å². The van der Waals surface area contributed by atoms with Crippen LogP contribution < -0.4 is 5.32 Å². The van der Waals surface area contributed by atoms with Gasteiger partial charge < -0.3 is 10.2 Å². The summed E-state index contributed by atoms with van der Waals surface area (Å²) < 4.78 is 0. The van der Waals surface area contributed by atoms with Crippen LogP contribution in [-0.4, -0.2) is 36.5 Å². The molecule has 18 heavy (non-hydrogen) atoms. The molecule has 3 heteroatoms. The van der Waals surface area contributed by atoms with E-state index in [0.717, 1.165) is 38.4 Å². The summed E-state index contributed by atoms with van der Waals surface area (Å²) >= 11 is 0. The van der Waals surface area contributed by atoms with Gasteiger partial charge >= 0.3 is 0 Å². The molecule has 0 unspecified atom stereocenters. The van der Waals surface area contributed by atoms with Crippen LogP contribution in [0.2, 0.25) is 0 Å². The highest BCUT2D eigenvalue weighted by molar-refractivity contribution is 5.76. The molecule has 1 N–H and O–H groups in total. The van der Waals surface area contributed by atoms with E-state index in [-0.39, 0.29) is 0 Å². The van der Waals surface area contributed by atoms with Crippen molar-refractivity contribution in [2.24, 2.45) is 11.8 Å². The van der Waals surface area contributed by atoms with Gasteiger partial charge in [-0.3, -0.25) is 4.79 Å². The molecule has 1 heterocycles. The van der Waals surface area contributed by atoms with Crippen molar-refractivity contribution < 1.29 is 4.79 Å². The Bertz CT molecular complexity index is 268. The first kappa shape index (κ1) is 13.9. The maximum atomic E-state index is 12.3. The summed E-state index contributed by atoms with van der Waals surface area (Å²) in [6.07, 6.45) is 6.73. The van der Waals surface area contributed by atoms with E-state index in [1.54, 1.807) is 0 Å². The maximum Gasteiger partial charge on any atom is 0.222 e. The Hall–Kier alpha value is -0.570. The predicted molar refractivity (Wildman–Crippen MR) is 74.4 cm³/mol. The molecule has 2 rings (SSSR count). The monoisotopic (exact) mass is 252 g/mol. The van der Waals surface area contributed by atoms with Gasteiger partial charge in [0.05, 0.1) is 0 Å². The summed E-state index contributed by atoms with van der Waals surface area (Å²) in [5, 5.41) is 3.40. The van der Waals surface area contributed by atoms with Crippen molar-refractivity contribution in [2.75, 3.05) is 19.6 Å². The van der Waals surface area contributed by atoms with Crippen molar-refractivity contribution in [3.05, 3.63) is 0 Å². The van der Waals surface area contributed by atoms with E-state index in [2.05, 4.69) is 24.1 Å². The van der Waals surface area contributed by atoms with E-state index >= 15 is 0 Å². The fraction of sp³-hybridized carbons (Fsp3) is 0.933. The molecule has 2 aliphatic rings. The minimum Gasteiger partial charge on any atom is -0.339 e. The van der Waals surface area contributed by atoms with Crippen LogP contribution in [0.4, 0.5) is 0 Å². The van der Waals surface area contributed by atoms with Crippen LogP contribution in [0.3, 0.4) is 0 Å². The quantitative estimate of drug-likeness (QED) is 0.787. The average Bonchev–Trinajstić information content (AvgIpc) is 3.18. The van der Waals surface area contributed by atoms with E-state index in [4.69, 9.17) is 0 Å². The number of carbonyl (C=O) groups excluding carboxylic acids is 1. The minimum absolute atomic E-state index is 0.407. The molecule has 1 aliphatic carbocycles. The first-order valence-corrected chi connectivity index (χ1v) is 7.67. The largest absolute Gasteiger partial charge is 0.339 e. The Kier molecular flexibility index (Phi) is 5.04. The third-order valence-electron chi connectivity index (χ3n) is 4.16. The molecule has 0 bridgehead atoms. The molecule has 2 fully saturated rings.